The largest absolute Gasteiger partial charge is 0.417 e. The van der Waals surface area contributed by atoms with Crippen molar-refractivity contribution in [3.8, 4) is 0 Å². The summed E-state index contributed by atoms with van der Waals surface area (Å²) in [5, 5.41) is 5.13. The maximum absolute atomic E-state index is 12.8. The number of anilines is 1. The number of hydrogen-bond acceptors (Lipinski definition) is 3. The first-order valence-corrected chi connectivity index (χ1v) is 7.50. The lowest BCUT2D eigenvalue weighted by molar-refractivity contribution is -0.137. The Morgan fingerprint density at radius 1 is 1.25 bits per heavy atom. The SMILES string of the molecule is O=C(CCNc1ccc(Cl)c(C(F)(F)F)c1)NCc1cccnc1. The third kappa shape index (κ3) is 5.42. The summed E-state index contributed by atoms with van der Waals surface area (Å²) in [4.78, 5) is 15.6. The lowest BCUT2D eigenvalue weighted by atomic mass is 10.2. The molecule has 0 bridgehead atoms. The highest BCUT2D eigenvalue weighted by Crippen LogP contribution is 2.36. The van der Waals surface area contributed by atoms with Gasteiger partial charge in [0.25, 0.3) is 0 Å². The minimum atomic E-state index is -4.52. The summed E-state index contributed by atoms with van der Waals surface area (Å²) in [7, 11) is 0. The molecule has 0 aliphatic rings. The van der Waals surface area contributed by atoms with Crippen LogP contribution in [0.3, 0.4) is 0 Å². The first-order chi connectivity index (χ1) is 11.4. The zero-order chi connectivity index (χ0) is 17.6. The van der Waals surface area contributed by atoms with Crippen LogP contribution >= 0.6 is 11.6 Å². The number of carbonyl (C=O) groups is 1. The van der Waals surface area contributed by atoms with E-state index in [0.29, 0.717) is 6.54 Å². The number of carbonyl (C=O) groups excluding carboxylic acids is 1. The van der Waals surface area contributed by atoms with Crippen molar-refractivity contribution in [1.82, 2.24) is 10.3 Å². The van der Waals surface area contributed by atoms with Crippen LogP contribution in [-0.2, 0) is 17.5 Å². The van der Waals surface area contributed by atoms with E-state index in [0.717, 1.165) is 11.6 Å². The third-order valence-corrected chi connectivity index (χ3v) is 3.50. The number of nitrogens with one attached hydrogen (secondary N) is 2. The molecule has 2 N–H and O–H groups in total. The number of benzene rings is 1. The quantitative estimate of drug-likeness (QED) is 0.825. The Morgan fingerprint density at radius 2 is 2.04 bits per heavy atom. The van der Waals surface area contributed by atoms with Crippen molar-refractivity contribution < 1.29 is 18.0 Å². The molecule has 8 heteroatoms. The number of halogens is 4. The Labute approximate surface area is 142 Å². The zero-order valence-corrected chi connectivity index (χ0v) is 13.3. The summed E-state index contributed by atoms with van der Waals surface area (Å²) in [6.45, 7) is 0.559. The van der Waals surface area contributed by atoms with Crippen LogP contribution in [0.25, 0.3) is 0 Å². The van der Waals surface area contributed by atoms with E-state index >= 15 is 0 Å². The minimum Gasteiger partial charge on any atom is -0.385 e. The van der Waals surface area contributed by atoms with E-state index in [9.17, 15) is 18.0 Å². The normalized spacial score (nSPS) is 11.2. The molecule has 1 aromatic heterocycles. The van der Waals surface area contributed by atoms with Crippen LogP contribution in [0.1, 0.15) is 17.5 Å². The summed E-state index contributed by atoms with van der Waals surface area (Å²) in [5.41, 5.74) is 0.216. The van der Waals surface area contributed by atoms with Crippen LogP contribution in [0.5, 0.6) is 0 Å². The molecule has 1 amide bonds. The van der Waals surface area contributed by atoms with Gasteiger partial charge in [-0.1, -0.05) is 17.7 Å². The molecule has 0 saturated heterocycles. The van der Waals surface area contributed by atoms with Crippen molar-refractivity contribution in [2.24, 2.45) is 0 Å². The molecular formula is C16H15ClF3N3O. The number of hydrogen-bond donors (Lipinski definition) is 2. The van der Waals surface area contributed by atoms with Crippen molar-refractivity contribution in [2.75, 3.05) is 11.9 Å². The van der Waals surface area contributed by atoms with E-state index in [-0.39, 0.29) is 29.6 Å². The highest BCUT2D eigenvalue weighted by Gasteiger charge is 2.33. The molecule has 24 heavy (non-hydrogen) atoms. The average Bonchev–Trinajstić information content (AvgIpc) is 2.54. The zero-order valence-electron chi connectivity index (χ0n) is 12.5. The topological polar surface area (TPSA) is 54.0 Å². The maximum atomic E-state index is 12.8. The van der Waals surface area contributed by atoms with Gasteiger partial charge in [-0.05, 0) is 29.8 Å². The van der Waals surface area contributed by atoms with E-state index in [1.165, 1.54) is 12.1 Å². The van der Waals surface area contributed by atoms with E-state index in [2.05, 4.69) is 15.6 Å². The van der Waals surface area contributed by atoms with Crippen LogP contribution in [0.15, 0.2) is 42.7 Å². The van der Waals surface area contributed by atoms with Crippen molar-refractivity contribution in [2.45, 2.75) is 19.1 Å². The fraction of sp³-hybridized carbons (Fsp3) is 0.250. The second-order valence-corrected chi connectivity index (χ2v) is 5.41. The highest BCUT2D eigenvalue weighted by atomic mass is 35.5. The Balaban J connectivity index is 1.80. The van der Waals surface area contributed by atoms with Crippen molar-refractivity contribution >= 4 is 23.2 Å². The molecule has 2 rings (SSSR count). The number of nitrogens with zero attached hydrogens (tertiary/aromatic N) is 1. The van der Waals surface area contributed by atoms with Gasteiger partial charge in [0.1, 0.15) is 0 Å². The molecule has 0 fully saturated rings. The fourth-order valence-electron chi connectivity index (χ4n) is 1.96. The van der Waals surface area contributed by atoms with Gasteiger partial charge in [0, 0.05) is 37.6 Å². The molecule has 0 atom stereocenters. The second kappa shape index (κ2) is 8.01. The van der Waals surface area contributed by atoms with Gasteiger partial charge in [-0.25, -0.2) is 0 Å². The molecule has 2 aromatic rings. The summed E-state index contributed by atoms with van der Waals surface area (Å²) in [5.74, 6) is -0.212. The molecule has 128 valence electrons. The monoisotopic (exact) mass is 357 g/mol. The molecule has 4 nitrogen and oxygen atoms in total. The van der Waals surface area contributed by atoms with Gasteiger partial charge in [0.05, 0.1) is 10.6 Å². The number of rotatable bonds is 6. The molecule has 1 heterocycles. The van der Waals surface area contributed by atoms with Crippen LogP contribution in [0.2, 0.25) is 5.02 Å². The third-order valence-electron chi connectivity index (χ3n) is 3.17. The summed E-state index contributed by atoms with van der Waals surface area (Å²) < 4.78 is 38.3. The van der Waals surface area contributed by atoms with E-state index < -0.39 is 11.7 Å². The molecule has 0 spiro atoms. The van der Waals surface area contributed by atoms with Gasteiger partial charge in [0.15, 0.2) is 0 Å². The van der Waals surface area contributed by atoms with Crippen LogP contribution < -0.4 is 10.6 Å². The number of aromatic nitrogens is 1. The maximum Gasteiger partial charge on any atom is 0.417 e. The van der Waals surface area contributed by atoms with Gasteiger partial charge >= 0.3 is 6.18 Å². The highest BCUT2D eigenvalue weighted by molar-refractivity contribution is 6.31. The molecule has 0 radical (unpaired) electrons. The van der Waals surface area contributed by atoms with E-state index in [1.54, 1.807) is 18.5 Å². The standard InChI is InChI=1S/C16H15ClF3N3O/c17-14-4-3-12(8-13(14)16(18,19)20)22-7-5-15(24)23-10-11-2-1-6-21-9-11/h1-4,6,8-9,22H,5,7,10H2,(H,23,24). The minimum absolute atomic E-state index is 0.129. The molecule has 1 aromatic carbocycles. The summed E-state index contributed by atoms with van der Waals surface area (Å²) in [6.07, 6.45) is -1.11. The second-order valence-electron chi connectivity index (χ2n) is 5.01. The Kier molecular flexibility index (Phi) is 6.03. The van der Waals surface area contributed by atoms with Gasteiger partial charge in [-0.15, -0.1) is 0 Å². The first-order valence-electron chi connectivity index (χ1n) is 7.12. The van der Waals surface area contributed by atoms with Gasteiger partial charge in [-0.2, -0.15) is 13.2 Å². The predicted octanol–water partition coefficient (Wildman–Crippen LogP) is 3.87. The van der Waals surface area contributed by atoms with Gasteiger partial charge in [-0.3, -0.25) is 9.78 Å². The van der Waals surface area contributed by atoms with Gasteiger partial charge < -0.3 is 10.6 Å². The van der Waals surface area contributed by atoms with Gasteiger partial charge in [0.2, 0.25) is 5.91 Å². The Morgan fingerprint density at radius 3 is 2.71 bits per heavy atom. The molecule has 0 aliphatic carbocycles. The van der Waals surface area contributed by atoms with Crippen molar-refractivity contribution in [1.29, 1.82) is 0 Å². The Hall–Kier alpha value is -2.28. The molecular weight excluding hydrogens is 343 g/mol. The van der Waals surface area contributed by atoms with Crippen molar-refractivity contribution in [3.63, 3.8) is 0 Å². The number of alkyl halides is 3. The number of pyridine rings is 1. The van der Waals surface area contributed by atoms with Crippen LogP contribution in [-0.4, -0.2) is 17.4 Å². The van der Waals surface area contributed by atoms with Crippen LogP contribution in [0, 0.1) is 0 Å². The predicted molar refractivity (Wildman–Crippen MR) is 85.6 cm³/mol. The van der Waals surface area contributed by atoms with Crippen LogP contribution in [0.4, 0.5) is 18.9 Å². The fourth-order valence-corrected chi connectivity index (χ4v) is 2.19. The Bertz CT molecular complexity index is 693. The van der Waals surface area contributed by atoms with E-state index in [1.807, 2.05) is 6.07 Å². The molecule has 0 unspecified atom stereocenters. The lowest BCUT2D eigenvalue weighted by Gasteiger charge is -2.12. The van der Waals surface area contributed by atoms with E-state index in [4.69, 9.17) is 11.6 Å². The number of amides is 1. The summed E-state index contributed by atoms with van der Waals surface area (Å²) >= 11 is 5.55. The first kappa shape index (κ1) is 18.1. The molecule has 0 saturated carbocycles. The molecule has 0 aliphatic heterocycles. The summed E-state index contributed by atoms with van der Waals surface area (Å²) in [6, 6.07) is 7.13. The average molecular weight is 358 g/mol. The smallest absolute Gasteiger partial charge is 0.385 e. The lowest BCUT2D eigenvalue weighted by Crippen LogP contribution is -2.24. The van der Waals surface area contributed by atoms with Crippen molar-refractivity contribution in [3.05, 3.63) is 58.9 Å².